The van der Waals surface area contributed by atoms with Crippen molar-refractivity contribution in [1.82, 2.24) is 4.90 Å². The van der Waals surface area contributed by atoms with E-state index in [1.54, 1.807) is 43.3 Å². The van der Waals surface area contributed by atoms with Crippen molar-refractivity contribution in [3.8, 4) is 5.75 Å². The van der Waals surface area contributed by atoms with Gasteiger partial charge < -0.3 is 14.7 Å². The summed E-state index contributed by atoms with van der Waals surface area (Å²) in [6.07, 6.45) is 0. The molecular formula is C13H16N2O4. The van der Waals surface area contributed by atoms with E-state index < -0.39 is 12.0 Å². The zero-order valence-corrected chi connectivity index (χ0v) is 10.9. The summed E-state index contributed by atoms with van der Waals surface area (Å²) >= 11 is 0. The first kappa shape index (κ1) is 13.4. The van der Waals surface area contributed by atoms with Crippen molar-refractivity contribution in [3.63, 3.8) is 0 Å². The van der Waals surface area contributed by atoms with Gasteiger partial charge in [-0.25, -0.2) is 0 Å². The molecule has 1 heterocycles. The predicted molar refractivity (Wildman–Crippen MR) is 69.4 cm³/mol. The number of hydrogen-bond acceptors (Lipinski definition) is 4. The van der Waals surface area contributed by atoms with E-state index in [1.807, 2.05) is 0 Å². The molecule has 19 heavy (non-hydrogen) atoms. The lowest BCUT2D eigenvalue weighted by molar-refractivity contribution is -0.144. The van der Waals surface area contributed by atoms with Crippen LogP contribution in [0.2, 0.25) is 0 Å². The Morgan fingerprint density at radius 3 is 2.84 bits per heavy atom. The molecule has 6 nitrogen and oxygen atoms in total. The Balaban J connectivity index is 2.27. The number of carbonyl (C=O) groups is 2. The van der Waals surface area contributed by atoms with E-state index in [4.69, 9.17) is 9.84 Å². The monoisotopic (exact) mass is 264 g/mol. The molecule has 1 saturated heterocycles. The quantitative estimate of drug-likeness (QED) is 0.857. The average molecular weight is 264 g/mol. The predicted octanol–water partition coefficient (Wildman–Crippen LogP) is 0.427. The van der Waals surface area contributed by atoms with Gasteiger partial charge in [-0.15, -0.1) is 0 Å². The molecule has 0 aliphatic carbocycles. The van der Waals surface area contributed by atoms with Gasteiger partial charge in [-0.3, -0.25) is 14.5 Å². The summed E-state index contributed by atoms with van der Waals surface area (Å²) in [5.74, 6) is -0.410. The number of rotatable bonds is 3. The summed E-state index contributed by atoms with van der Waals surface area (Å²) < 4.78 is 5.11. The molecular weight excluding hydrogens is 248 g/mol. The number of piperazine rings is 1. The van der Waals surface area contributed by atoms with Crippen LogP contribution >= 0.6 is 0 Å². The molecule has 6 heteroatoms. The molecule has 1 aromatic rings. The van der Waals surface area contributed by atoms with Crippen LogP contribution in [0.4, 0.5) is 5.69 Å². The molecule has 1 aliphatic heterocycles. The summed E-state index contributed by atoms with van der Waals surface area (Å²) in [6.45, 7) is 0.228. The minimum absolute atomic E-state index is 0.0914. The Kier molecular flexibility index (Phi) is 3.71. The van der Waals surface area contributed by atoms with Gasteiger partial charge in [-0.05, 0) is 19.2 Å². The highest BCUT2D eigenvalue weighted by Gasteiger charge is 2.34. The minimum Gasteiger partial charge on any atom is -0.497 e. The van der Waals surface area contributed by atoms with Gasteiger partial charge in [0, 0.05) is 11.8 Å². The van der Waals surface area contributed by atoms with Gasteiger partial charge in [0.1, 0.15) is 11.8 Å². The van der Waals surface area contributed by atoms with Gasteiger partial charge in [0.05, 0.1) is 20.2 Å². The van der Waals surface area contributed by atoms with Crippen molar-refractivity contribution < 1.29 is 19.4 Å². The van der Waals surface area contributed by atoms with Gasteiger partial charge in [-0.1, -0.05) is 6.07 Å². The zero-order valence-electron chi connectivity index (χ0n) is 10.9. The summed E-state index contributed by atoms with van der Waals surface area (Å²) in [4.78, 5) is 26.2. The third-order valence-electron chi connectivity index (χ3n) is 3.22. The molecule has 0 aromatic heterocycles. The third kappa shape index (κ3) is 2.68. The third-order valence-corrected chi connectivity index (χ3v) is 3.22. The molecule has 1 atom stereocenters. The van der Waals surface area contributed by atoms with Crippen molar-refractivity contribution in [1.29, 1.82) is 0 Å². The first-order chi connectivity index (χ1) is 9.02. The maximum atomic E-state index is 12.0. The van der Waals surface area contributed by atoms with E-state index in [0.717, 1.165) is 0 Å². The molecule has 0 bridgehead atoms. The Hall–Kier alpha value is -2.08. The summed E-state index contributed by atoms with van der Waals surface area (Å²) in [6, 6.07) is 6.35. The first-order valence-corrected chi connectivity index (χ1v) is 5.90. The van der Waals surface area contributed by atoms with Crippen molar-refractivity contribution in [2.24, 2.45) is 0 Å². The summed E-state index contributed by atoms with van der Waals surface area (Å²) in [5, 5.41) is 9.16. The molecule has 0 spiro atoms. The van der Waals surface area contributed by atoms with E-state index in [2.05, 4.69) is 0 Å². The molecule has 1 amide bonds. The Bertz CT molecular complexity index is 503. The number of carbonyl (C=O) groups excluding carboxylic acids is 1. The van der Waals surface area contributed by atoms with Crippen LogP contribution < -0.4 is 9.64 Å². The number of carboxylic acids is 1. The van der Waals surface area contributed by atoms with E-state index in [0.29, 0.717) is 11.4 Å². The molecule has 0 saturated carbocycles. The van der Waals surface area contributed by atoms with E-state index in [-0.39, 0.29) is 19.0 Å². The van der Waals surface area contributed by atoms with Gasteiger partial charge in [-0.2, -0.15) is 0 Å². The number of methoxy groups -OCH3 is 1. The highest BCUT2D eigenvalue weighted by Crippen LogP contribution is 2.23. The molecule has 102 valence electrons. The van der Waals surface area contributed by atoms with Gasteiger partial charge in [0.15, 0.2) is 0 Å². The zero-order chi connectivity index (χ0) is 14.0. The van der Waals surface area contributed by atoms with Crippen LogP contribution in [-0.2, 0) is 9.59 Å². The standard InChI is InChI=1S/C13H16N2O4/c1-14-8-12(16)15(7-11(14)13(17)18)9-4-3-5-10(6-9)19-2/h3-6,11H,7-8H2,1-2H3,(H,17,18). The number of amides is 1. The minimum atomic E-state index is -0.928. The number of carboxylic acid groups (broad SMARTS) is 1. The second-order valence-corrected chi connectivity index (χ2v) is 4.47. The number of benzene rings is 1. The van der Waals surface area contributed by atoms with Crippen molar-refractivity contribution >= 4 is 17.6 Å². The maximum absolute atomic E-state index is 12.0. The van der Waals surface area contributed by atoms with Crippen molar-refractivity contribution in [2.45, 2.75) is 6.04 Å². The topological polar surface area (TPSA) is 70.1 Å². The molecule has 1 fully saturated rings. The van der Waals surface area contributed by atoms with Gasteiger partial charge in [0.25, 0.3) is 0 Å². The lowest BCUT2D eigenvalue weighted by Crippen LogP contribution is -2.57. The lowest BCUT2D eigenvalue weighted by atomic mass is 10.1. The summed E-state index contributed by atoms with van der Waals surface area (Å²) in [5.41, 5.74) is 0.656. The van der Waals surface area contributed by atoms with Crippen LogP contribution in [0.1, 0.15) is 0 Å². The van der Waals surface area contributed by atoms with Crippen LogP contribution in [0.5, 0.6) is 5.75 Å². The number of nitrogens with zero attached hydrogens (tertiary/aromatic N) is 2. The fourth-order valence-corrected chi connectivity index (χ4v) is 2.12. The Morgan fingerprint density at radius 1 is 1.47 bits per heavy atom. The Labute approximate surface area is 111 Å². The molecule has 1 unspecified atom stereocenters. The summed E-state index contributed by atoms with van der Waals surface area (Å²) in [7, 11) is 3.19. The molecule has 0 radical (unpaired) electrons. The van der Waals surface area contributed by atoms with E-state index >= 15 is 0 Å². The molecule has 1 aliphatic rings. The highest BCUT2D eigenvalue weighted by molar-refractivity contribution is 5.97. The maximum Gasteiger partial charge on any atom is 0.322 e. The number of ether oxygens (including phenoxy) is 1. The van der Waals surface area contributed by atoms with Crippen molar-refractivity contribution in [3.05, 3.63) is 24.3 Å². The molecule has 1 aromatic carbocycles. The second-order valence-electron chi connectivity index (χ2n) is 4.47. The van der Waals surface area contributed by atoms with Gasteiger partial charge >= 0.3 is 5.97 Å². The average Bonchev–Trinajstić information content (AvgIpc) is 2.38. The van der Waals surface area contributed by atoms with Crippen LogP contribution in [0.25, 0.3) is 0 Å². The number of anilines is 1. The smallest absolute Gasteiger partial charge is 0.322 e. The van der Waals surface area contributed by atoms with Crippen LogP contribution in [0, 0.1) is 0 Å². The largest absolute Gasteiger partial charge is 0.497 e. The second kappa shape index (κ2) is 5.27. The number of aliphatic carboxylic acids is 1. The normalized spacial score (nSPS) is 20.4. The van der Waals surface area contributed by atoms with Crippen molar-refractivity contribution in [2.75, 3.05) is 32.1 Å². The number of hydrogen-bond donors (Lipinski definition) is 1. The first-order valence-electron chi connectivity index (χ1n) is 5.90. The molecule has 1 N–H and O–H groups in total. The molecule has 2 rings (SSSR count). The highest BCUT2D eigenvalue weighted by atomic mass is 16.5. The van der Waals surface area contributed by atoms with Gasteiger partial charge in [0.2, 0.25) is 5.91 Å². The van der Waals surface area contributed by atoms with Crippen LogP contribution in [-0.4, -0.2) is 55.2 Å². The van der Waals surface area contributed by atoms with E-state index in [9.17, 15) is 9.59 Å². The fraction of sp³-hybridized carbons (Fsp3) is 0.385. The van der Waals surface area contributed by atoms with Crippen LogP contribution in [0.3, 0.4) is 0 Å². The number of likely N-dealkylation sites (N-methyl/N-ethyl adjacent to an activating group) is 1. The SMILES string of the molecule is COc1cccc(N2CC(C(=O)O)N(C)CC2=O)c1. The Morgan fingerprint density at radius 2 is 2.21 bits per heavy atom. The van der Waals surface area contributed by atoms with E-state index in [1.165, 1.54) is 4.90 Å². The fourth-order valence-electron chi connectivity index (χ4n) is 2.12. The lowest BCUT2D eigenvalue weighted by Gasteiger charge is -2.36. The van der Waals surface area contributed by atoms with Crippen LogP contribution in [0.15, 0.2) is 24.3 Å².